The smallest absolute Gasteiger partial charge is 0.230 e. The van der Waals surface area contributed by atoms with E-state index in [4.69, 9.17) is 9.72 Å². The highest BCUT2D eigenvalue weighted by molar-refractivity contribution is 7.14. The first-order valence-electron chi connectivity index (χ1n) is 10.7. The van der Waals surface area contributed by atoms with Crippen LogP contribution < -0.4 is 5.32 Å². The molecule has 0 fully saturated rings. The Labute approximate surface area is 192 Å². The van der Waals surface area contributed by atoms with Crippen LogP contribution in [0.5, 0.6) is 0 Å². The number of carbonyl (C=O) groups is 1. The molecular formula is C24H29N5O2S. The van der Waals surface area contributed by atoms with Crippen molar-refractivity contribution in [1.29, 1.82) is 0 Å². The number of fused-ring (bicyclic) bond motifs is 1. The van der Waals surface area contributed by atoms with Crippen molar-refractivity contribution in [2.75, 3.05) is 19.0 Å². The number of hydrogen-bond donors (Lipinski definition) is 1. The van der Waals surface area contributed by atoms with E-state index >= 15 is 0 Å². The van der Waals surface area contributed by atoms with Crippen LogP contribution >= 0.6 is 11.3 Å². The molecule has 0 saturated carbocycles. The van der Waals surface area contributed by atoms with Gasteiger partial charge in [0.25, 0.3) is 0 Å². The Morgan fingerprint density at radius 3 is 2.75 bits per heavy atom. The third kappa shape index (κ3) is 4.33. The Balaban J connectivity index is 1.50. The third-order valence-electron chi connectivity index (χ3n) is 5.97. The second-order valence-electron chi connectivity index (χ2n) is 8.15. The number of benzene rings is 1. The van der Waals surface area contributed by atoms with E-state index in [0.29, 0.717) is 18.3 Å². The van der Waals surface area contributed by atoms with Crippen LogP contribution in [0.15, 0.2) is 35.8 Å². The Kier molecular flexibility index (Phi) is 6.43. The summed E-state index contributed by atoms with van der Waals surface area (Å²) in [5, 5.41) is 11.3. The van der Waals surface area contributed by atoms with Gasteiger partial charge in [0, 0.05) is 47.4 Å². The summed E-state index contributed by atoms with van der Waals surface area (Å²) in [5.74, 6) is -0.283. The highest BCUT2D eigenvalue weighted by Crippen LogP contribution is 2.33. The number of anilines is 1. The molecule has 0 bridgehead atoms. The number of rotatable bonds is 8. The first kappa shape index (κ1) is 22.2. The first-order chi connectivity index (χ1) is 15.4. The minimum absolute atomic E-state index is 0.0568. The Bertz CT molecular complexity index is 1250. The van der Waals surface area contributed by atoms with Gasteiger partial charge in [-0.15, -0.1) is 11.3 Å². The van der Waals surface area contributed by atoms with Crippen LogP contribution in [0, 0.1) is 26.7 Å². The topological polar surface area (TPSA) is 74.0 Å². The molecule has 0 radical (unpaired) electrons. The molecular weight excluding hydrogens is 422 g/mol. The predicted octanol–water partition coefficient (Wildman–Crippen LogP) is 4.81. The van der Waals surface area contributed by atoms with Gasteiger partial charge in [0.05, 0.1) is 30.5 Å². The zero-order chi connectivity index (χ0) is 22.8. The lowest BCUT2D eigenvalue weighted by Crippen LogP contribution is -2.25. The van der Waals surface area contributed by atoms with Gasteiger partial charge >= 0.3 is 0 Å². The minimum Gasteiger partial charge on any atom is -0.383 e. The van der Waals surface area contributed by atoms with Gasteiger partial charge in [-0.05, 0) is 32.4 Å². The van der Waals surface area contributed by atoms with E-state index in [-0.39, 0.29) is 11.8 Å². The summed E-state index contributed by atoms with van der Waals surface area (Å²) in [5.41, 5.74) is 6.34. The van der Waals surface area contributed by atoms with E-state index in [1.165, 1.54) is 16.9 Å². The largest absolute Gasteiger partial charge is 0.383 e. The molecule has 1 unspecified atom stereocenters. The van der Waals surface area contributed by atoms with E-state index in [2.05, 4.69) is 40.2 Å². The summed E-state index contributed by atoms with van der Waals surface area (Å²) >= 11 is 1.44. The molecule has 32 heavy (non-hydrogen) atoms. The van der Waals surface area contributed by atoms with Crippen molar-refractivity contribution in [3.8, 4) is 11.3 Å². The number of nitrogens with one attached hydrogen (secondary N) is 1. The molecule has 0 aliphatic heterocycles. The lowest BCUT2D eigenvalue weighted by atomic mass is 10.1. The molecule has 168 valence electrons. The standard InChI is InChI=1S/C24H29N5O2S/c1-15(12-29-18(4)16(2)17(3)27-29)23(30)26-24-25-21(14-32-24)20-13-28(10-11-31-5)22-9-7-6-8-19(20)22/h6-9,13-15H,10-12H2,1-5H3,(H,25,26,30). The van der Waals surface area contributed by atoms with Crippen LogP contribution in [-0.4, -0.2) is 39.0 Å². The number of ether oxygens (including phenoxy) is 1. The number of aryl methyl sites for hydroxylation is 1. The average Bonchev–Trinajstić information content (AvgIpc) is 3.46. The van der Waals surface area contributed by atoms with E-state index in [0.717, 1.165) is 40.1 Å². The number of thiazole rings is 1. The molecule has 3 aromatic heterocycles. The van der Waals surface area contributed by atoms with Gasteiger partial charge in [0.15, 0.2) is 5.13 Å². The summed E-state index contributed by atoms with van der Waals surface area (Å²) < 4.78 is 9.35. The van der Waals surface area contributed by atoms with E-state index in [1.54, 1.807) is 7.11 Å². The van der Waals surface area contributed by atoms with Crippen molar-refractivity contribution in [3.63, 3.8) is 0 Å². The average molecular weight is 452 g/mol. The molecule has 4 rings (SSSR count). The number of hydrogen-bond acceptors (Lipinski definition) is 5. The van der Waals surface area contributed by atoms with Crippen LogP contribution in [0.4, 0.5) is 5.13 Å². The molecule has 0 spiro atoms. The number of carbonyl (C=O) groups excluding carboxylic acids is 1. The fourth-order valence-corrected chi connectivity index (χ4v) is 4.53. The number of nitrogens with zero attached hydrogens (tertiary/aromatic N) is 4. The number of methoxy groups -OCH3 is 1. The predicted molar refractivity (Wildman–Crippen MR) is 129 cm³/mol. The third-order valence-corrected chi connectivity index (χ3v) is 6.73. The zero-order valence-corrected chi connectivity index (χ0v) is 20.0. The molecule has 1 atom stereocenters. The van der Waals surface area contributed by atoms with Crippen LogP contribution in [0.25, 0.3) is 22.2 Å². The maximum Gasteiger partial charge on any atom is 0.230 e. The molecule has 1 aromatic carbocycles. The highest BCUT2D eigenvalue weighted by Gasteiger charge is 2.19. The summed E-state index contributed by atoms with van der Waals surface area (Å²) in [6.45, 7) is 9.96. The van der Waals surface area contributed by atoms with Crippen molar-refractivity contribution in [1.82, 2.24) is 19.3 Å². The Morgan fingerprint density at radius 2 is 2.03 bits per heavy atom. The minimum atomic E-state index is -0.226. The quantitative estimate of drug-likeness (QED) is 0.417. The highest BCUT2D eigenvalue weighted by atomic mass is 32.1. The summed E-state index contributed by atoms with van der Waals surface area (Å²) in [6.07, 6.45) is 2.11. The van der Waals surface area contributed by atoms with Crippen molar-refractivity contribution in [2.45, 2.75) is 40.8 Å². The van der Waals surface area contributed by atoms with E-state index in [1.807, 2.05) is 43.0 Å². The van der Waals surface area contributed by atoms with Gasteiger partial charge in [0.1, 0.15) is 0 Å². The molecule has 1 N–H and O–H groups in total. The van der Waals surface area contributed by atoms with E-state index in [9.17, 15) is 4.79 Å². The molecule has 1 amide bonds. The lowest BCUT2D eigenvalue weighted by molar-refractivity contribution is -0.119. The van der Waals surface area contributed by atoms with Crippen LogP contribution in [0.1, 0.15) is 23.9 Å². The zero-order valence-electron chi connectivity index (χ0n) is 19.2. The van der Waals surface area contributed by atoms with Gasteiger partial charge in [-0.2, -0.15) is 5.10 Å². The molecule has 3 heterocycles. The van der Waals surface area contributed by atoms with Gasteiger partial charge in [0.2, 0.25) is 5.91 Å². The van der Waals surface area contributed by atoms with Crippen LogP contribution in [0.2, 0.25) is 0 Å². The van der Waals surface area contributed by atoms with Crippen molar-refractivity contribution in [2.24, 2.45) is 5.92 Å². The molecule has 8 heteroatoms. The van der Waals surface area contributed by atoms with Gasteiger partial charge < -0.3 is 14.6 Å². The maximum atomic E-state index is 12.8. The number of para-hydroxylation sites is 1. The molecule has 0 saturated heterocycles. The molecule has 0 aliphatic rings. The number of aromatic nitrogens is 4. The Hall–Kier alpha value is -2.97. The van der Waals surface area contributed by atoms with Gasteiger partial charge in [-0.25, -0.2) is 4.98 Å². The summed E-state index contributed by atoms with van der Waals surface area (Å²) in [7, 11) is 1.71. The fourth-order valence-electron chi connectivity index (χ4n) is 3.82. The SMILES string of the molecule is COCCn1cc(-c2csc(NC(=O)C(C)Cn3nc(C)c(C)c3C)n2)c2ccccc21. The van der Waals surface area contributed by atoms with Gasteiger partial charge in [-0.3, -0.25) is 9.48 Å². The second kappa shape index (κ2) is 9.26. The van der Waals surface area contributed by atoms with Gasteiger partial charge in [-0.1, -0.05) is 25.1 Å². The van der Waals surface area contributed by atoms with Crippen molar-refractivity contribution < 1.29 is 9.53 Å². The van der Waals surface area contributed by atoms with Crippen LogP contribution in [-0.2, 0) is 22.6 Å². The van der Waals surface area contributed by atoms with E-state index < -0.39 is 0 Å². The van der Waals surface area contributed by atoms with Crippen LogP contribution in [0.3, 0.4) is 0 Å². The fraction of sp³-hybridized carbons (Fsp3) is 0.375. The normalized spacial score (nSPS) is 12.4. The molecule has 4 aromatic rings. The molecule has 7 nitrogen and oxygen atoms in total. The second-order valence-corrected chi connectivity index (χ2v) is 9.01. The first-order valence-corrected chi connectivity index (χ1v) is 11.6. The monoisotopic (exact) mass is 451 g/mol. The lowest BCUT2D eigenvalue weighted by Gasteiger charge is -2.12. The van der Waals surface area contributed by atoms with Crippen molar-refractivity contribution >= 4 is 33.3 Å². The summed E-state index contributed by atoms with van der Waals surface area (Å²) in [6, 6.07) is 8.27. The summed E-state index contributed by atoms with van der Waals surface area (Å²) in [4.78, 5) is 17.5. The van der Waals surface area contributed by atoms with Crippen molar-refractivity contribution in [3.05, 3.63) is 52.8 Å². The number of amides is 1. The maximum absolute atomic E-state index is 12.8. The molecule has 0 aliphatic carbocycles. The Morgan fingerprint density at radius 1 is 1.25 bits per heavy atom.